The zero-order valence-corrected chi connectivity index (χ0v) is 15.6. The van der Waals surface area contributed by atoms with E-state index in [-0.39, 0.29) is 23.7 Å². The molecule has 3 rings (SSSR count). The van der Waals surface area contributed by atoms with Gasteiger partial charge in [0.05, 0.1) is 23.0 Å². The van der Waals surface area contributed by atoms with E-state index in [1.54, 1.807) is 0 Å². The molecular weight excluding hydrogens is 360 g/mol. The Hall–Kier alpha value is -1.75. The highest BCUT2D eigenvalue weighted by Crippen LogP contribution is 2.29. The number of nitro benzene ring substituents is 1. The fourth-order valence-electron chi connectivity index (χ4n) is 2.97. The number of morpholine rings is 1. The summed E-state index contributed by atoms with van der Waals surface area (Å²) in [5.41, 5.74) is 0.105. The molecule has 1 saturated carbocycles. The molecule has 10 heteroatoms. The third-order valence-electron chi connectivity index (χ3n) is 4.72. The van der Waals surface area contributed by atoms with Crippen molar-refractivity contribution in [3.05, 3.63) is 28.3 Å². The molecule has 0 unspecified atom stereocenters. The molecule has 1 aliphatic heterocycles. The molecule has 0 bridgehead atoms. The predicted molar refractivity (Wildman–Crippen MR) is 96.8 cm³/mol. The van der Waals surface area contributed by atoms with Crippen LogP contribution in [0.2, 0.25) is 0 Å². The Balaban J connectivity index is 1.74. The molecule has 26 heavy (non-hydrogen) atoms. The summed E-state index contributed by atoms with van der Waals surface area (Å²) in [6.45, 7) is 2.50. The number of benzene rings is 1. The van der Waals surface area contributed by atoms with E-state index in [1.165, 1.54) is 29.3 Å². The summed E-state index contributed by atoms with van der Waals surface area (Å²) in [6, 6.07) is 4.65. The largest absolute Gasteiger partial charge is 0.379 e. The second kappa shape index (κ2) is 7.87. The Bertz CT molecular complexity index is 760. The lowest BCUT2D eigenvalue weighted by atomic mass is 10.2. The second-order valence-corrected chi connectivity index (χ2v) is 8.53. The Labute approximate surface area is 153 Å². The van der Waals surface area contributed by atoms with Crippen molar-refractivity contribution < 1.29 is 18.1 Å². The molecule has 0 amide bonds. The zero-order chi connectivity index (χ0) is 18.7. The quantitative estimate of drug-likeness (QED) is 0.529. The number of nitrogens with zero attached hydrogens (tertiary/aromatic N) is 3. The van der Waals surface area contributed by atoms with E-state index in [0.717, 1.165) is 12.6 Å². The molecule has 9 nitrogen and oxygen atoms in total. The van der Waals surface area contributed by atoms with Crippen molar-refractivity contribution >= 4 is 21.4 Å². The predicted octanol–water partition coefficient (Wildman–Crippen LogP) is 1.12. The maximum Gasteiger partial charge on any atom is 0.293 e. The number of likely N-dealkylation sites (N-methyl/N-ethyl adjacent to an activating group) is 1. The summed E-state index contributed by atoms with van der Waals surface area (Å²) < 4.78 is 31.8. The molecule has 0 aromatic heterocycles. The van der Waals surface area contributed by atoms with Gasteiger partial charge in [0, 0.05) is 38.3 Å². The van der Waals surface area contributed by atoms with Crippen LogP contribution >= 0.6 is 0 Å². The van der Waals surface area contributed by atoms with Gasteiger partial charge in [0.25, 0.3) is 5.69 Å². The van der Waals surface area contributed by atoms with E-state index in [2.05, 4.69) is 10.2 Å². The van der Waals surface area contributed by atoms with Crippen LogP contribution in [0.3, 0.4) is 0 Å². The third kappa shape index (κ3) is 4.32. The van der Waals surface area contributed by atoms with Gasteiger partial charge in [-0.2, -0.15) is 4.31 Å². The Kier molecular flexibility index (Phi) is 5.76. The van der Waals surface area contributed by atoms with Crippen LogP contribution in [0.4, 0.5) is 11.4 Å². The molecule has 1 N–H and O–H groups in total. The van der Waals surface area contributed by atoms with Crippen molar-refractivity contribution in [3.8, 4) is 0 Å². The first-order valence-corrected chi connectivity index (χ1v) is 10.1. The lowest BCUT2D eigenvalue weighted by Crippen LogP contribution is -2.40. The number of ether oxygens (including phenoxy) is 1. The summed E-state index contributed by atoms with van der Waals surface area (Å²) in [7, 11) is -1.73. The minimum absolute atomic E-state index is 0.0632. The molecule has 1 aromatic rings. The van der Waals surface area contributed by atoms with Gasteiger partial charge in [-0.25, -0.2) is 8.42 Å². The van der Waals surface area contributed by atoms with Crippen molar-refractivity contribution in [2.75, 3.05) is 51.8 Å². The summed E-state index contributed by atoms with van der Waals surface area (Å²) in [5.74, 6) is 0. The SMILES string of the molecule is CN(CCNc1ccc(S(=O)(=O)N2CCOCC2)cc1[N+](=O)[O-])C1CC1. The zero-order valence-electron chi connectivity index (χ0n) is 14.8. The molecule has 0 spiro atoms. The lowest BCUT2D eigenvalue weighted by molar-refractivity contribution is -0.384. The Morgan fingerprint density at radius 1 is 1.35 bits per heavy atom. The minimum atomic E-state index is -3.76. The number of nitro groups is 1. The number of nitrogens with one attached hydrogen (secondary N) is 1. The summed E-state index contributed by atoms with van der Waals surface area (Å²) in [6.07, 6.45) is 2.40. The molecule has 1 aromatic carbocycles. The highest BCUT2D eigenvalue weighted by molar-refractivity contribution is 7.89. The van der Waals surface area contributed by atoms with Crippen molar-refractivity contribution in [2.24, 2.45) is 0 Å². The first kappa shape index (κ1) is 19.0. The minimum Gasteiger partial charge on any atom is -0.379 e. The van der Waals surface area contributed by atoms with Gasteiger partial charge in [-0.3, -0.25) is 10.1 Å². The summed E-state index contributed by atoms with van der Waals surface area (Å²) in [4.78, 5) is 13.0. The van der Waals surface area contributed by atoms with Crippen molar-refractivity contribution in [1.29, 1.82) is 0 Å². The van der Waals surface area contributed by atoms with Gasteiger partial charge < -0.3 is 15.0 Å². The maximum absolute atomic E-state index is 12.7. The van der Waals surface area contributed by atoms with Crippen molar-refractivity contribution in [1.82, 2.24) is 9.21 Å². The van der Waals surface area contributed by atoms with Crippen LogP contribution in [-0.2, 0) is 14.8 Å². The van der Waals surface area contributed by atoms with E-state index in [1.807, 2.05) is 7.05 Å². The smallest absolute Gasteiger partial charge is 0.293 e. The normalized spacial score (nSPS) is 18.8. The Morgan fingerprint density at radius 3 is 2.65 bits per heavy atom. The average molecular weight is 384 g/mol. The first-order valence-electron chi connectivity index (χ1n) is 8.70. The van der Waals surface area contributed by atoms with Crippen LogP contribution in [0, 0.1) is 10.1 Å². The fourth-order valence-corrected chi connectivity index (χ4v) is 4.40. The number of hydrogen-bond acceptors (Lipinski definition) is 7. The monoisotopic (exact) mass is 384 g/mol. The van der Waals surface area contributed by atoms with E-state index in [0.29, 0.717) is 31.5 Å². The highest BCUT2D eigenvalue weighted by Gasteiger charge is 2.29. The van der Waals surface area contributed by atoms with Crippen molar-refractivity contribution in [3.63, 3.8) is 0 Å². The van der Waals surface area contributed by atoms with Gasteiger partial charge in [-0.05, 0) is 32.0 Å². The van der Waals surface area contributed by atoms with Crippen LogP contribution in [0.25, 0.3) is 0 Å². The molecule has 1 heterocycles. The third-order valence-corrected chi connectivity index (χ3v) is 6.62. The average Bonchev–Trinajstić information content (AvgIpc) is 3.47. The second-order valence-electron chi connectivity index (χ2n) is 6.59. The van der Waals surface area contributed by atoms with Crippen LogP contribution in [0.5, 0.6) is 0 Å². The summed E-state index contributed by atoms with van der Waals surface area (Å²) in [5, 5.41) is 14.5. The van der Waals surface area contributed by atoms with Gasteiger partial charge >= 0.3 is 0 Å². The van der Waals surface area contributed by atoms with Crippen LogP contribution in [0.1, 0.15) is 12.8 Å². The molecule has 144 valence electrons. The molecule has 1 aliphatic carbocycles. The van der Waals surface area contributed by atoms with E-state index in [4.69, 9.17) is 4.74 Å². The molecule has 0 radical (unpaired) electrons. The summed E-state index contributed by atoms with van der Waals surface area (Å²) >= 11 is 0. The van der Waals surface area contributed by atoms with E-state index < -0.39 is 14.9 Å². The van der Waals surface area contributed by atoms with Crippen LogP contribution < -0.4 is 5.32 Å². The fraction of sp³-hybridized carbons (Fsp3) is 0.625. The van der Waals surface area contributed by atoms with Gasteiger partial charge in [-0.1, -0.05) is 0 Å². The van der Waals surface area contributed by atoms with E-state index >= 15 is 0 Å². The maximum atomic E-state index is 12.7. The number of anilines is 1. The standard InChI is InChI=1S/C16H24N4O5S/c1-18(13-2-3-13)7-6-17-15-5-4-14(12-16(15)20(21)22)26(23,24)19-8-10-25-11-9-19/h4-5,12-13,17H,2-3,6-11H2,1H3. The number of hydrogen-bond donors (Lipinski definition) is 1. The molecule has 2 fully saturated rings. The lowest BCUT2D eigenvalue weighted by Gasteiger charge is -2.26. The van der Waals surface area contributed by atoms with Gasteiger partial charge in [0.15, 0.2) is 0 Å². The van der Waals surface area contributed by atoms with Crippen LogP contribution in [-0.4, -0.2) is 75.0 Å². The molecule has 2 aliphatic rings. The molecule has 0 atom stereocenters. The number of rotatable bonds is 8. The molecule has 1 saturated heterocycles. The van der Waals surface area contributed by atoms with Crippen molar-refractivity contribution in [2.45, 2.75) is 23.8 Å². The number of sulfonamides is 1. The first-order chi connectivity index (χ1) is 12.4. The van der Waals surface area contributed by atoms with E-state index in [9.17, 15) is 18.5 Å². The van der Waals surface area contributed by atoms with Gasteiger partial charge in [0.1, 0.15) is 5.69 Å². The van der Waals surface area contributed by atoms with Crippen LogP contribution in [0.15, 0.2) is 23.1 Å². The Morgan fingerprint density at radius 2 is 2.04 bits per heavy atom. The molecular formula is C16H24N4O5S. The van der Waals surface area contributed by atoms with Gasteiger partial charge in [-0.15, -0.1) is 0 Å². The topological polar surface area (TPSA) is 105 Å². The van der Waals surface area contributed by atoms with Gasteiger partial charge in [0.2, 0.25) is 10.0 Å². The highest BCUT2D eigenvalue weighted by atomic mass is 32.2.